The van der Waals surface area contributed by atoms with Crippen molar-refractivity contribution in [3.05, 3.63) is 18.0 Å². The summed E-state index contributed by atoms with van der Waals surface area (Å²) in [4.78, 5) is 0. The molecule has 114 valence electrons. The van der Waals surface area contributed by atoms with Crippen molar-refractivity contribution in [2.45, 2.75) is 44.8 Å². The van der Waals surface area contributed by atoms with Crippen molar-refractivity contribution in [2.24, 2.45) is 7.05 Å². The molecule has 1 aromatic heterocycles. The standard InChI is InChI=1S/C15H27N3O2/c1-4-9-16-14(13-6-10-17-18(13)3)15(20-5-2)7-11-19-12-8-15/h6,10,14,16H,4-5,7-9,11-12H2,1-3H3. The second kappa shape index (κ2) is 7.20. The fraction of sp³-hybridized carbons (Fsp3) is 0.800. The molecule has 0 saturated carbocycles. The molecular weight excluding hydrogens is 254 g/mol. The van der Waals surface area contributed by atoms with Crippen LogP contribution in [0.2, 0.25) is 0 Å². The minimum atomic E-state index is -0.185. The van der Waals surface area contributed by atoms with Gasteiger partial charge in [-0.05, 0) is 26.0 Å². The molecule has 1 fully saturated rings. The lowest BCUT2D eigenvalue weighted by atomic mass is 9.83. The second-order valence-corrected chi connectivity index (χ2v) is 5.38. The maximum absolute atomic E-state index is 6.22. The monoisotopic (exact) mass is 281 g/mol. The van der Waals surface area contributed by atoms with Gasteiger partial charge in [0, 0.05) is 45.9 Å². The van der Waals surface area contributed by atoms with E-state index >= 15 is 0 Å². The van der Waals surface area contributed by atoms with Gasteiger partial charge >= 0.3 is 0 Å². The molecule has 1 atom stereocenters. The van der Waals surface area contributed by atoms with Crippen LogP contribution in [0.1, 0.15) is 44.8 Å². The third-order valence-electron chi connectivity index (χ3n) is 4.05. The van der Waals surface area contributed by atoms with Gasteiger partial charge in [0.15, 0.2) is 0 Å². The van der Waals surface area contributed by atoms with Gasteiger partial charge in [-0.25, -0.2) is 0 Å². The van der Waals surface area contributed by atoms with Crippen LogP contribution in [-0.4, -0.2) is 41.7 Å². The Labute approximate surface area is 121 Å². The first-order chi connectivity index (χ1) is 9.73. The lowest BCUT2D eigenvalue weighted by Gasteiger charge is -2.43. The van der Waals surface area contributed by atoms with Gasteiger partial charge in [-0.2, -0.15) is 5.10 Å². The first-order valence-corrected chi connectivity index (χ1v) is 7.66. The molecule has 2 heterocycles. The summed E-state index contributed by atoms with van der Waals surface area (Å²) in [6, 6.07) is 2.25. The SMILES string of the molecule is CCCNC(c1ccnn1C)C1(OCC)CCOCC1. The molecule has 0 spiro atoms. The molecule has 1 aliphatic rings. The molecule has 1 saturated heterocycles. The van der Waals surface area contributed by atoms with Gasteiger partial charge in [0.2, 0.25) is 0 Å². The van der Waals surface area contributed by atoms with Crippen LogP contribution in [0.15, 0.2) is 12.3 Å². The summed E-state index contributed by atoms with van der Waals surface area (Å²) in [5, 5.41) is 7.99. The van der Waals surface area contributed by atoms with Gasteiger partial charge in [0.05, 0.1) is 17.3 Å². The molecular formula is C15H27N3O2. The van der Waals surface area contributed by atoms with Gasteiger partial charge in [-0.1, -0.05) is 6.92 Å². The van der Waals surface area contributed by atoms with Crippen LogP contribution in [0.3, 0.4) is 0 Å². The second-order valence-electron chi connectivity index (χ2n) is 5.38. The highest BCUT2D eigenvalue weighted by atomic mass is 16.5. The van der Waals surface area contributed by atoms with Crippen LogP contribution in [0.25, 0.3) is 0 Å². The van der Waals surface area contributed by atoms with Crippen LogP contribution >= 0.6 is 0 Å². The summed E-state index contributed by atoms with van der Waals surface area (Å²) >= 11 is 0. The molecule has 1 N–H and O–H groups in total. The van der Waals surface area contributed by atoms with E-state index in [9.17, 15) is 0 Å². The highest BCUT2D eigenvalue weighted by Crippen LogP contribution is 2.37. The van der Waals surface area contributed by atoms with E-state index in [1.54, 1.807) is 0 Å². The van der Waals surface area contributed by atoms with Gasteiger partial charge in [-0.3, -0.25) is 4.68 Å². The predicted octanol–water partition coefficient (Wildman–Crippen LogP) is 2.05. The molecule has 0 aliphatic carbocycles. The summed E-state index contributed by atoms with van der Waals surface area (Å²) in [5.74, 6) is 0. The number of ether oxygens (including phenoxy) is 2. The number of aromatic nitrogens is 2. The zero-order valence-corrected chi connectivity index (χ0v) is 12.9. The maximum Gasteiger partial charge on any atom is 0.0935 e. The van der Waals surface area contributed by atoms with E-state index in [-0.39, 0.29) is 11.6 Å². The molecule has 1 aliphatic heterocycles. The third-order valence-corrected chi connectivity index (χ3v) is 4.05. The predicted molar refractivity (Wildman–Crippen MR) is 78.7 cm³/mol. The fourth-order valence-corrected chi connectivity index (χ4v) is 3.04. The number of hydrogen-bond acceptors (Lipinski definition) is 4. The summed E-state index contributed by atoms with van der Waals surface area (Å²) < 4.78 is 13.7. The van der Waals surface area contributed by atoms with E-state index in [4.69, 9.17) is 9.47 Å². The van der Waals surface area contributed by atoms with E-state index in [0.717, 1.165) is 45.6 Å². The molecule has 1 aromatic rings. The number of nitrogens with zero attached hydrogens (tertiary/aromatic N) is 2. The van der Waals surface area contributed by atoms with Crippen molar-refractivity contribution in [2.75, 3.05) is 26.4 Å². The summed E-state index contributed by atoms with van der Waals surface area (Å²) in [5.41, 5.74) is 1.00. The van der Waals surface area contributed by atoms with E-state index < -0.39 is 0 Å². The quantitative estimate of drug-likeness (QED) is 0.831. The van der Waals surface area contributed by atoms with Crippen molar-refractivity contribution in [1.82, 2.24) is 15.1 Å². The summed E-state index contributed by atoms with van der Waals surface area (Å²) in [6.45, 7) is 7.49. The number of nitrogens with one attached hydrogen (secondary N) is 1. The van der Waals surface area contributed by atoms with Crippen molar-refractivity contribution in [3.63, 3.8) is 0 Å². The van der Waals surface area contributed by atoms with Crippen LogP contribution in [0.5, 0.6) is 0 Å². The number of hydrogen-bond donors (Lipinski definition) is 1. The molecule has 20 heavy (non-hydrogen) atoms. The lowest BCUT2D eigenvalue weighted by molar-refractivity contribution is -0.129. The average Bonchev–Trinajstić information content (AvgIpc) is 2.87. The fourth-order valence-electron chi connectivity index (χ4n) is 3.04. The number of rotatable bonds is 7. The minimum absolute atomic E-state index is 0.166. The Morgan fingerprint density at radius 2 is 2.20 bits per heavy atom. The van der Waals surface area contributed by atoms with E-state index in [0.29, 0.717) is 0 Å². The Bertz CT molecular complexity index is 394. The normalized spacial score (nSPS) is 19.9. The Balaban J connectivity index is 2.29. The molecule has 0 bridgehead atoms. The largest absolute Gasteiger partial charge is 0.381 e. The topological polar surface area (TPSA) is 48.3 Å². The summed E-state index contributed by atoms with van der Waals surface area (Å²) in [6.07, 6.45) is 4.81. The van der Waals surface area contributed by atoms with E-state index in [1.165, 1.54) is 5.69 Å². The number of aryl methyl sites for hydroxylation is 1. The van der Waals surface area contributed by atoms with E-state index in [1.807, 2.05) is 17.9 Å². The Hall–Kier alpha value is -0.910. The molecule has 0 radical (unpaired) electrons. The Kier molecular flexibility index (Phi) is 5.57. The van der Waals surface area contributed by atoms with Crippen LogP contribution in [0.4, 0.5) is 0 Å². The molecule has 0 aromatic carbocycles. The zero-order chi connectivity index (χ0) is 14.4. The Morgan fingerprint density at radius 3 is 2.75 bits per heavy atom. The average molecular weight is 281 g/mol. The zero-order valence-electron chi connectivity index (χ0n) is 12.9. The molecule has 5 heteroatoms. The molecule has 0 amide bonds. The van der Waals surface area contributed by atoms with Crippen LogP contribution < -0.4 is 5.32 Å². The summed E-state index contributed by atoms with van der Waals surface area (Å²) in [7, 11) is 1.99. The van der Waals surface area contributed by atoms with E-state index in [2.05, 4.69) is 30.3 Å². The third kappa shape index (κ3) is 3.22. The molecule has 2 rings (SSSR count). The minimum Gasteiger partial charge on any atom is -0.381 e. The smallest absolute Gasteiger partial charge is 0.0935 e. The maximum atomic E-state index is 6.22. The highest BCUT2D eigenvalue weighted by Gasteiger charge is 2.42. The van der Waals surface area contributed by atoms with Crippen LogP contribution in [0, 0.1) is 0 Å². The van der Waals surface area contributed by atoms with Gasteiger partial charge in [0.1, 0.15) is 0 Å². The van der Waals surface area contributed by atoms with Crippen molar-refractivity contribution in [3.8, 4) is 0 Å². The molecule has 5 nitrogen and oxygen atoms in total. The Morgan fingerprint density at radius 1 is 1.45 bits per heavy atom. The molecule has 1 unspecified atom stereocenters. The van der Waals surface area contributed by atoms with Gasteiger partial charge in [-0.15, -0.1) is 0 Å². The highest BCUT2D eigenvalue weighted by molar-refractivity contribution is 5.14. The van der Waals surface area contributed by atoms with Crippen LogP contribution in [-0.2, 0) is 16.5 Å². The van der Waals surface area contributed by atoms with Crippen molar-refractivity contribution in [1.29, 1.82) is 0 Å². The first kappa shape index (κ1) is 15.5. The van der Waals surface area contributed by atoms with Gasteiger partial charge < -0.3 is 14.8 Å². The lowest BCUT2D eigenvalue weighted by Crippen LogP contribution is -2.50. The van der Waals surface area contributed by atoms with Crippen molar-refractivity contribution < 1.29 is 9.47 Å². The van der Waals surface area contributed by atoms with Crippen molar-refractivity contribution >= 4 is 0 Å². The van der Waals surface area contributed by atoms with Gasteiger partial charge in [0.25, 0.3) is 0 Å². The first-order valence-electron chi connectivity index (χ1n) is 7.66.